The number of benzene rings is 1. The predicted molar refractivity (Wildman–Crippen MR) is 79.8 cm³/mol. The molecule has 0 aromatic heterocycles. The fraction of sp³-hybridized carbons (Fsp3) is 0.562. The van der Waals surface area contributed by atoms with Crippen LogP contribution in [0.1, 0.15) is 24.8 Å². The van der Waals surface area contributed by atoms with Crippen molar-refractivity contribution in [2.45, 2.75) is 25.3 Å². The van der Waals surface area contributed by atoms with Crippen LogP contribution in [-0.4, -0.2) is 54.6 Å². The first-order valence-electron chi connectivity index (χ1n) is 7.56. The van der Waals surface area contributed by atoms with E-state index in [2.05, 4.69) is 47.5 Å². The van der Waals surface area contributed by atoms with Crippen molar-refractivity contribution in [2.24, 2.45) is 0 Å². The quantitative estimate of drug-likeness (QED) is 0.909. The molecule has 3 rings (SSSR count). The van der Waals surface area contributed by atoms with Gasteiger partial charge in [-0.05, 0) is 24.4 Å². The van der Waals surface area contributed by atoms with Crippen LogP contribution in [0.3, 0.4) is 0 Å². The first-order chi connectivity index (χ1) is 9.74. The largest absolute Gasteiger partial charge is 0.336 e. The van der Waals surface area contributed by atoms with Gasteiger partial charge >= 0.3 is 6.03 Å². The first kappa shape index (κ1) is 13.4. The molecule has 4 heteroatoms. The van der Waals surface area contributed by atoms with Crippen LogP contribution in [0.2, 0.25) is 0 Å². The maximum atomic E-state index is 11.6. The topological polar surface area (TPSA) is 35.6 Å². The normalized spacial score (nSPS) is 24.4. The Hall–Kier alpha value is -1.55. The lowest BCUT2D eigenvalue weighted by Crippen LogP contribution is -2.52. The molecule has 1 aromatic rings. The SMILES string of the molecule is C[C@H](CCN1CCN2C(=O)NC[C@@H]2C1)c1ccccc1. The van der Waals surface area contributed by atoms with Crippen LogP contribution in [0.25, 0.3) is 0 Å². The second kappa shape index (κ2) is 5.83. The van der Waals surface area contributed by atoms with Crippen LogP contribution in [0, 0.1) is 0 Å². The van der Waals surface area contributed by atoms with Gasteiger partial charge in [0.1, 0.15) is 0 Å². The molecule has 2 fully saturated rings. The highest BCUT2D eigenvalue weighted by atomic mass is 16.2. The number of hydrogen-bond donors (Lipinski definition) is 1. The van der Waals surface area contributed by atoms with E-state index < -0.39 is 0 Å². The van der Waals surface area contributed by atoms with Gasteiger partial charge in [-0.15, -0.1) is 0 Å². The van der Waals surface area contributed by atoms with Crippen molar-refractivity contribution in [1.29, 1.82) is 0 Å². The van der Waals surface area contributed by atoms with Crippen LogP contribution in [0.15, 0.2) is 30.3 Å². The number of carbonyl (C=O) groups is 1. The summed E-state index contributed by atoms with van der Waals surface area (Å²) in [6.07, 6.45) is 1.18. The van der Waals surface area contributed by atoms with E-state index >= 15 is 0 Å². The lowest BCUT2D eigenvalue weighted by Gasteiger charge is -2.36. The Balaban J connectivity index is 1.49. The van der Waals surface area contributed by atoms with Gasteiger partial charge in [0.2, 0.25) is 0 Å². The molecule has 0 bridgehead atoms. The molecule has 1 aromatic carbocycles. The highest BCUT2D eigenvalue weighted by Gasteiger charge is 2.35. The van der Waals surface area contributed by atoms with Crippen molar-refractivity contribution < 1.29 is 4.79 Å². The van der Waals surface area contributed by atoms with Crippen molar-refractivity contribution in [1.82, 2.24) is 15.1 Å². The van der Waals surface area contributed by atoms with E-state index in [0.717, 1.165) is 32.7 Å². The minimum Gasteiger partial charge on any atom is -0.336 e. The predicted octanol–water partition coefficient (Wildman–Crippen LogP) is 1.89. The smallest absolute Gasteiger partial charge is 0.317 e. The summed E-state index contributed by atoms with van der Waals surface area (Å²) in [5.74, 6) is 0.595. The van der Waals surface area contributed by atoms with Gasteiger partial charge in [-0.1, -0.05) is 37.3 Å². The molecule has 2 amide bonds. The molecule has 0 unspecified atom stereocenters. The number of urea groups is 1. The van der Waals surface area contributed by atoms with E-state index in [1.807, 2.05) is 4.90 Å². The average Bonchev–Trinajstić information content (AvgIpc) is 2.87. The number of hydrogen-bond acceptors (Lipinski definition) is 2. The van der Waals surface area contributed by atoms with Crippen molar-refractivity contribution in [3.05, 3.63) is 35.9 Å². The fourth-order valence-electron chi connectivity index (χ4n) is 3.20. The van der Waals surface area contributed by atoms with Gasteiger partial charge in [0.25, 0.3) is 0 Å². The second-order valence-electron chi connectivity index (χ2n) is 5.93. The van der Waals surface area contributed by atoms with Crippen molar-refractivity contribution in [3.63, 3.8) is 0 Å². The van der Waals surface area contributed by atoms with Gasteiger partial charge in [0.15, 0.2) is 0 Å². The van der Waals surface area contributed by atoms with E-state index in [9.17, 15) is 4.79 Å². The van der Waals surface area contributed by atoms with Gasteiger partial charge in [0.05, 0.1) is 6.04 Å². The molecular weight excluding hydrogens is 250 g/mol. The third-order valence-electron chi connectivity index (χ3n) is 4.56. The molecule has 1 N–H and O–H groups in total. The lowest BCUT2D eigenvalue weighted by molar-refractivity contribution is 0.119. The first-order valence-corrected chi connectivity index (χ1v) is 7.56. The van der Waals surface area contributed by atoms with Crippen LogP contribution in [0.4, 0.5) is 4.79 Å². The number of piperazine rings is 1. The van der Waals surface area contributed by atoms with E-state index in [1.165, 1.54) is 12.0 Å². The van der Waals surface area contributed by atoms with Crippen LogP contribution >= 0.6 is 0 Å². The number of rotatable bonds is 4. The summed E-state index contributed by atoms with van der Waals surface area (Å²) in [7, 11) is 0. The molecule has 0 radical (unpaired) electrons. The molecule has 2 aliphatic heterocycles. The molecular formula is C16H23N3O. The molecule has 2 aliphatic rings. The van der Waals surface area contributed by atoms with E-state index in [1.54, 1.807) is 0 Å². The maximum Gasteiger partial charge on any atom is 0.317 e. The maximum absolute atomic E-state index is 11.6. The fourth-order valence-corrected chi connectivity index (χ4v) is 3.20. The third-order valence-corrected chi connectivity index (χ3v) is 4.56. The highest BCUT2D eigenvalue weighted by molar-refractivity contribution is 5.77. The van der Waals surface area contributed by atoms with Crippen molar-refractivity contribution in [3.8, 4) is 0 Å². The molecule has 108 valence electrons. The Bertz CT molecular complexity index is 462. The Morgan fingerprint density at radius 3 is 2.90 bits per heavy atom. The number of amides is 2. The van der Waals surface area contributed by atoms with Crippen LogP contribution in [0.5, 0.6) is 0 Å². The van der Waals surface area contributed by atoms with Gasteiger partial charge in [0, 0.05) is 26.2 Å². The van der Waals surface area contributed by atoms with Gasteiger partial charge < -0.3 is 10.2 Å². The van der Waals surface area contributed by atoms with E-state index in [-0.39, 0.29) is 6.03 Å². The Morgan fingerprint density at radius 2 is 2.10 bits per heavy atom. The number of nitrogens with zero attached hydrogens (tertiary/aromatic N) is 2. The zero-order valence-electron chi connectivity index (χ0n) is 12.1. The summed E-state index contributed by atoms with van der Waals surface area (Å²) in [6.45, 7) is 7.12. The monoisotopic (exact) mass is 273 g/mol. The third kappa shape index (κ3) is 2.80. The van der Waals surface area contributed by atoms with Crippen LogP contribution < -0.4 is 5.32 Å². The summed E-state index contributed by atoms with van der Waals surface area (Å²) < 4.78 is 0. The summed E-state index contributed by atoms with van der Waals surface area (Å²) >= 11 is 0. The number of fused-ring (bicyclic) bond motifs is 1. The zero-order valence-corrected chi connectivity index (χ0v) is 12.1. The Labute approximate surface area is 120 Å². The molecule has 2 atom stereocenters. The van der Waals surface area contributed by atoms with Gasteiger partial charge in [-0.2, -0.15) is 0 Å². The molecule has 0 saturated carbocycles. The minimum absolute atomic E-state index is 0.118. The molecule has 0 spiro atoms. The van der Waals surface area contributed by atoms with E-state index in [4.69, 9.17) is 0 Å². The standard InChI is InChI=1S/C16H23N3O/c1-13(14-5-3-2-4-6-14)7-8-18-9-10-19-15(12-18)11-17-16(19)20/h2-6,13,15H,7-12H2,1H3,(H,17,20)/t13-,15-/m1/s1. The Morgan fingerprint density at radius 1 is 1.30 bits per heavy atom. The molecule has 0 aliphatic carbocycles. The summed E-state index contributed by atoms with van der Waals surface area (Å²) in [5, 5.41) is 2.93. The lowest BCUT2D eigenvalue weighted by atomic mass is 9.97. The summed E-state index contributed by atoms with van der Waals surface area (Å²) in [6, 6.07) is 11.2. The van der Waals surface area contributed by atoms with E-state index in [0.29, 0.717) is 12.0 Å². The molecule has 4 nitrogen and oxygen atoms in total. The molecule has 20 heavy (non-hydrogen) atoms. The summed E-state index contributed by atoms with van der Waals surface area (Å²) in [4.78, 5) is 16.0. The summed E-state index contributed by atoms with van der Waals surface area (Å²) in [5.41, 5.74) is 1.42. The zero-order chi connectivity index (χ0) is 13.9. The molecule has 2 heterocycles. The van der Waals surface area contributed by atoms with Gasteiger partial charge in [-0.3, -0.25) is 4.90 Å². The van der Waals surface area contributed by atoms with Crippen molar-refractivity contribution in [2.75, 3.05) is 32.7 Å². The van der Waals surface area contributed by atoms with Crippen LogP contribution in [-0.2, 0) is 0 Å². The number of carbonyl (C=O) groups excluding carboxylic acids is 1. The number of nitrogens with one attached hydrogen (secondary N) is 1. The Kier molecular flexibility index (Phi) is 3.92. The van der Waals surface area contributed by atoms with Gasteiger partial charge in [-0.25, -0.2) is 4.79 Å². The highest BCUT2D eigenvalue weighted by Crippen LogP contribution is 2.20. The van der Waals surface area contributed by atoms with Crippen molar-refractivity contribution >= 4 is 6.03 Å². The molecule has 2 saturated heterocycles. The second-order valence-corrected chi connectivity index (χ2v) is 5.93. The minimum atomic E-state index is 0.118. The average molecular weight is 273 g/mol.